The summed E-state index contributed by atoms with van der Waals surface area (Å²) < 4.78 is 0. The predicted octanol–water partition coefficient (Wildman–Crippen LogP) is 2.87. The molecular formula is C19H20N2O2. The van der Waals surface area contributed by atoms with E-state index < -0.39 is 0 Å². The van der Waals surface area contributed by atoms with Crippen molar-refractivity contribution in [3.8, 4) is 0 Å². The fraction of sp³-hybridized carbons (Fsp3) is 0.263. The first-order valence-electron chi connectivity index (χ1n) is 7.87. The monoisotopic (exact) mass is 308 g/mol. The van der Waals surface area contributed by atoms with Crippen LogP contribution >= 0.6 is 0 Å². The molecule has 2 aromatic carbocycles. The van der Waals surface area contributed by atoms with Crippen LogP contribution in [0.5, 0.6) is 0 Å². The zero-order chi connectivity index (χ0) is 16.2. The molecule has 3 rings (SSSR count). The molecule has 1 aliphatic heterocycles. The van der Waals surface area contributed by atoms with Crippen LogP contribution in [0.3, 0.4) is 0 Å². The van der Waals surface area contributed by atoms with Crippen LogP contribution in [0.2, 0.25) is 0 Å². The number of rotatable bonds is 4. The predicted molar refractivity (Wildman–Crippen MR) is 91.5 cm³/mol. The van der Waals surface area contributed by atoms with E-state index >= 15 is 0 Å². The van der Waals surface area contributed by atoms with Crippen molar-refractivity contribution in [1.82, 2.24) is 0 Å². The number of anilines is 2. The first-order chi connectivity index (χ1) is 11.2. The van der Waals surface area contributed by atoms with Crippen molar-refractivity contribution in [2.45, 2.75) is 13.3 Å². The van der Waals surface area contributed by atoms with Gasteiger partial charge in [-0.1, -0.05) is 49.4 Å². The number of carbonyl (C=O) groups is 2. The average molecular weight is 308 g/mol. The van der Waals surface area contributed by atoms with Crippen LogP contribution in [0.25, 0.3) is 0 Å². The molecule has 4 heteroatoms. The third kappa shape index (κ3) is 3.11. The van der Waals surface area contributed by atoms with E-state index in [1.807, 2.05) is 54.3 Å². The molecule has 1 heterocycles. The van der Waals surface area contributed by atoms with Crippen LogP contribution in [0.4, 0.5) is 11.4 Å². The Morgan fingerprint density at radius 3 is 2.39 bits per heavy atom. The molecule has 23 heavy (non-hydrogen) atoms. The smallest absolute Gasteiger partial charge is 0.231 e. The van der Waals surface area contributed by atoms with Crippen LogP contribution in [-0.4, -0.2) is 25.4 Å². The molecule has 0 N–H and O–H groups in total. The second-order valence-corrected chi connectivity index (χ2v) is 5.87. The molecule has 0 aromatic heterocycles. The largest absolute Gasteiger partial charge is 0.312 e. The molecule has 0 radical (unpaired) electrons. The zero-order valence-corrected chi connectivity index (χ0v) is 13.2. The van der Waals surface area contributed by atoms with E-state index in [4.69, 9.17) is 0 Å². The van der Waals surface area contributed by atoms with Gasteiger partial charge in [-0.2, -0.15) is 0 Å². The topological polar surface area (TPSA) is 40.6 Å². The van der Waals surface area contributed by atoms with E-state index in [-0.39, 0.29) is 11.8 Å². The van der Waals surface area contributed by atoms with E-state index in [9.17, 15) is 9.59 Å². The maximum absolute atomic E-state index is 12.8. The average Bonchev–Trinajstić information content (AvgIpc) is 2.70. The number of fused-ring (bicyclic) bond motifs is 1. The van der Waals surface area contributed by atoms with Gasteiger partial charge in [-0.3, -0.25) is 9.59 Å². The highest BCUT2D eigenvalue weighted by atomic mass is 16.2. The summed E-state index contributed by atoms with van der Waals surface area (Å²) in [6.07, 6.45) is 1.60. The lowest BCUT2D eigenvalue weighted by Crippen LogP contribution is -2.37. The molecule has 0 saturated carbocycles. The Labute approximate surface area is 136 Å². The molecule has 0 aliphatic carbocycles. The van der Waals surface area contributed by atoms with Crippen LogP contribution in [0.1, 0.15) is 12.5 Å². The first kappa shape index (κ1) is 15.3. The fourth-order valence-corrected chi connectivity index (χ4v) is 3.01. The summed E-state index contributed by atoms with van der Waals surface area (Å²) in [6.45, 7) is 2.90. The van der Waals surface area contributed by atoms with Gasteiger partial charge < -0.3 is 9.80 Å². The van der Waals surface area contributed by atoms with Gasteiger partial charge in [0.2, 0.25) is 12.3 Å². The van der Waals surface area contributed by atoms with E-state index in [1.165, 1.54) is 5.56 Å². The van der Waals surface area contributed by atoms with E-state index in [2.05, 4.69) is 12.1 Å². The Morgan fingerprint density at radius 1 is 1.04 bits per heavy atom. The number of para-hydroxylation sites is 2. The number of hydrogen-bond acceptors (Lipinski definition) is 2. The van der Waals surface area contributed by atoms with E-state index in [1.54, 1.807) is 4.90 Å². The summed E-state index contributed by atoms with van der Waals surface area (Å²) in [5.74, 6) is -0.152. The molecular weight excluding hydrogens is 288 g/mol. The lowest BCUT2D eigenvalue weighted by molar-refractivity contribution is -0.121. The van der Waals surface area contributed by atoms with Crippen molar-refractivity contribution in [2.75, 3.05) is 22.9 Å². The molecule has 0 saturated heterocycles. The minimum absolute atomic E-state index is 0.0673. The minimum Gasteiger partial charge on any atom is -0.312 e. The first-order valence-corrected chi connectivity index (χ1v) is 7.87. The van der Waals surface area contributed by atoms with Crippen LogP contribution in [0, 0.1) is 5.92 Å². The quantitative estimate of drug-likeness (QED) is 0.815. The normalized spacial score (nSPS) is 17.6. The van der Waals surface area contributed by atoms with Gasteiger partial charge in [0.1, 0.15) is 0 Å². The highest BCUT2D eigenvalue weighted by molar-refractivity contribution is 6.02. The highest BCUT2D eigenvalue weighted by Gasteiger charge is 2.30. The van der Waals surface area contributed by atoms with Crippen molar-refractivity contribution < 1.29 is 9.59 Å². The number of benzene rings is 2. The lowest BCUT2D eigenvalue weighted by Gasteiger charge is -2.24. The Bertz CT molecular complexity index is 700. The standard InChI is InChI=1S/C19H20N2O2/c1-15-13-20(14-22)17-9-5-6-10-18(17)21(19(15)23)12-11-16-7-3-2-4-8-16/h2-10,14-15H,11-13H2,1H3. The lowest BCUT2D eigenvalue weighted by atomic mass is 10.1. The molecule has 2 aromatic rings. The summed E-state index contributed by atoms with van der Waals surface area (Å²) in [5, 5.41) is 0. The molecule has 0 fully saturated rings. The van der Waals surface area contributed by atoms with Gasteiger partial charge in [-0.05, 0) is 24.1 Å². The fourth-order valence-electron chi connectivity index (χ4n) is 3.01. The van der Waals surface area contributed by atoms with Gasteiger partial charge in [-0.15, -0.1) is 0 Å². The summed E-state index contributed by atoms with van der Waals surface area (Å²) in [6, 6.07) is 17.7. The van der Waals surface area contributed by atoms with Gasteiger partial charge in [-0.25, -0.2) is 0 Å². The number of nitrogens with zero attached hydrogens (tertiary/aromatic N) is 2. The van der Waals surface area contributed by atoms with Crippen molar-refractivity contribution in [1.29, 1.82) is 0 Å². The minimum atomic E-state index is -0.219. The maximum atomic E-state index is 12.8. The van der Waals surface area contributed by atoms with E-state index in [0.717, 1.165) is 24.2 Å². The van der Waals surface area contributed by atoms with Crippen LogP contribution < -0.4 is 9.80 Å². The number of carbonyl (C=O) groups excluding carboxylic acids is 2. The second kappa shape index (κ2) is 6.65. The molecule has 4 nitrogen and oxygen atoms in total. The summed E-state index contributed by atoms with van der Waals surface area (Å²) in [4.78, 5) is 27.6. The Kier molecular flexibility index (Phi) is 4.42. The zero-order valence-electron chi connectivity index (χ0n) is 13.2. The van der Waals surface area contributed by atoms with Crippen molar-refractivity contribution >= 4 is 23.7 Å². The molecule has 1 atom stereocenters. The summed E-state index contributed by atoms with van der Waals surface area (Å²) in [5.41, 5.74) is 2.81. The highest BCUT2D eigenvalue weighted by Crippen LogP contribution is 2.33. The molecule has 2 amide bonds. The Morgan fingerprint density at radius 2 is 1.70 bits per heavy atom. The van der Waals surface area contributed by atoms with Gasteiger partial charge in [0, 0.05) is 13.1 Å². The maximum Gasteiger partial charge on any atom is 0.231 e. The third-order valence-corrected chi connectivity index (χ3v) is 4.23. The molecule has 1 unspecified atom stereocenters. The number of hydrogen-bond donors (Lipinski definition) is 0. The second-order valence-electron chi connectivity index (χ2n) is 5.87. The number of amides is 2. The van der Waals surface area contributed by atoms with Crippen molar-refractivity contribution in [3.63, 3.8) is 0 Å². The van der Waals surface area contributed by atoms with Gasteiger partial charge in [0.25, 0.3) is 0 Å². The van der Waals surface area contributed by atoms with Gasteiger partial charge in [0.05, 0.1) is 17.3 Å². The molecule has 0 bridgehead atoms. The molecule has 118 valence electrons. The molecule has 1 aliphatic rings. The van der Waals surface area contributed by atoms with E-state index in [0.29, 0.717) is 13.1 Å². The van der Waals surface area contributed by atoms with Crippen molar-refractivity contribution in [3.05, 3.63) is 60.2 Å². The summed E-state index contributed by atoms with van der Waals surface area (Å²) >= 11 is 0. The summed E-state index contributed by atoms with van der Waals surface area (Å²) in [7, 11) is 0. The van der Waals surface area contributed by atoms with Gasteiger partial charge in [0.15, 0.2) is 0 Å². The van der Waals surface area contributed by atoms with Crippen LogP contribution in [0.15, 0.2) is 54.6 Å². The van der Waals surface area contributed by atoms with Crippen molar-refractivity contribution in [2.24, 2.45) is 5.92 Å². The molecule has 0 spiro atoms. The SMILES string of the molecule is CC1CN(C=O)c2ccccc2N(CCc2ccccc2)C1=O. The van der Waals surface area contributed by atoms with Gasteiger partial charge >= 0.3 is 0 Å². The Hall–Kier alpha value is -2.62. The Balaban J connectivity index is 1.92. The van der Waals surface area contributed by atoms with Crippen LogP contribution in [-0.2, 0) is 16.0 Å². The third-order valence-electron chi connectivity index (χ3n) is 4.23.